The van der Waals surface area contributed by atoms with Crippen molar-refractivity contribution >= 4 is 49.7 Å². The second-order valence-electron chi connectivity index (χ2n) is 27.8. The zero-order chi connectivity index (χ0) is 63.0. The summed E-state index contributed by atoms with van der Waals surface area (Å²) in [6.45, 7) is 18.2. The van der Waals surface area contributed by atoms with Gasteiger partial charge in [-0.3, -0.25) is 0 Å². The van der Waals surface area contributed by atoms with E-state index < -0.39 is 11.9 Å². The summed E-state index contributed by atoms with van der Waals surface area (Å²) in [7, 11) is 0. The summed E-state index contributed by atoms with van der Waals surface area (Å²) >= 11 is 0. The SMILES string of the molecule is CCCCCCCCCCCCCCCCCN(CCCCCCCCCCCCCCCCC)C(CC)CCC(=O)[O-].CCCCCCCCCCCCCCCCCN(CCCCCCCCCCCCCCCCC)C(CC)CCC(=O)[O-].[Ca+2]. The average molecular weight is 1250 g/mol. The van der Waals surface area contributed by atoms with E-state index in [1.54, 1.807) is 0 Å². The first kappa shape index (κ1) is 91.3. The minimum atomic E-state index is -0.891. The summed E-state index contributed by atoms with van der Waals surface area (Å²) in [5, 5.41) is 22.3. The molecule has 0 spiro atoms. The maximum absolute atomic E-state index is 11.1. The van der Waals surface area contributed by atoms with Gasteiger partial charge in [0.25, 0.3) is 0 Å². The summed E-state index contributed by atoms with van der Waals surface area (Å²) in [6.07, 6.45) is 88.0. The second kappa shape index (κ2) is 80.4. The summed E-state index contributed by atoms with van der Waals surface area (Å²) in [6, 6.07) is 0.798. The minimum Gasteiger partial charge on any atom is -0.550 e. The van der Waals surface area contributed by atoms with Gasteiger partial charge in [-0.1, -0.05) is 401 Å². The largest absolute Gasteiger partial charge is 2.00 e. The number of carboxylic acids is 2. The predicted molar refractivity (Wildman–Crippen MR) is 385 cm³/mol. The van der Waals surface area contributed by atoms with Gasteiger partial charge in [0.15, 0.2) is 0 Å². The zero-order valence-electron chi connectivity index (χ0n) is 60.9. The van der Waals surface area contributed by atoms with Crippen molar-refractivity contribution in [1.82, 2.24) is 9.80 Å². The van der Waals surface area contributed by atoms with Crippen molar-refractivity contribution in [2.75, 3.05) is 26.2 Å². The molecule has 0 aliphatic heterocycles. The molecule has 0 radical (unpaired) electrons. The molecule has 0 heterocycles. The molecule has 87 heavy (non-hydrogen) atoms. The van der Waals surface area contributed by atoms with Gasteiger partial charge in [0.2, 0.25) is 0 Å². The van der Waals surface area contributed by atoms with E-state index in [1.165, 1.54) is 385 Å². The van der Waals surface area contributed by atoms with E-state index in [4.69, 9.17) is 0 Å². The Morgan fingerprint density at radius 1 is 0.230 bits per heavy atom. The second-order valence-corrected chi connectivity index (χ2v) is 27.8. The van der Waals surface area contributed by atoms with Crippen molar-refractivity contribution in [2.45, 2.75) is 477 Å². The molecule has 0 N–H and O–H groups in total. The number of hydrogen-bond donors (Lipinski definition) is 0. The van der Waals surface area contributed by atoms with Crippen LogP contribution in [0.25, 0.3) is 0 Å². The summed E-state index contributed by atoms with van der Waals surface area (Å²) in [5.74, 6) is -1.78. The fraction of sp³-hybridized carbons (Fsp3) is 0.975. The molecule has 0 amide bonds. The molecule has 2 unspecified atom stereocenters. The van der Waals surface area contributed by atoms with Crippen molar-refractivity contribution in [1.29, 1.82) is 0 Å². The van der Waals surface area contributed by atoms with E-state index in [0.29, 0.717) is 12.1 Å². The van der Waals surface area contributed by atoms with Gasteiger partial charge in [-0.25, -0.2) is 0 Å². The van der Waals surface area contributed by atoms with Gasteiger partial charge in [0, 0.05) is 24.0 Å². The van der Waals surface area contributed by atoms with Crippen LogP contribution in [0.4, 0.5) is 0 Å². The predicted octanol–water partition coefficient (Wildman–Crippen LogP) is 24.3. The van der Waals surface area contributed by atoms with E-state index >= 15 is 0 Å². The number of unbranched alkanes of at least 4 members (excludes halogenated alkanes) is 56. The Kier molecular flexibility index (Phi) is 84.3. The number of rotatable bonds is 74. The molecule has 516 valence electrons. The standard InChI is InChI=1S/2C40H81NO2.Ca/c2*1-4-7-9-11-13-15-17-19-21-23-25-27-29-31-33-37-41(39(6-3)35-36-40(42)43)38-34-32-30-28-26-24-22-20-18-16-14-12-10-8-5-2;/h2*39H,4-38H2,1-3H3,(H,42,43);/q;;+2/p-2. The molecule has 0 saturated carbocycles. The van der Waals surface area contributed by atoms with E-state index in [2.05, 4.69) is 51.3 Å². The number of hydrogen-bond acceptors (Lipinski definition) is 6. The topological polar surface area (TPSA) is 86.7 Å². The van der Waals surface area contributed by atoms with Crippen molar-refractivity contribution in [3.8, 4) is 0 Å². The molecule has 0 saturated heterocycles. The molecular weight excluding hydrogens is 1090 g/mol. The number of carbonyl (C=O) groups excluding carboxylic acids is 2. The average Bonchev–Trinajstić information content (AvgIpc) is 3.52. The normalized spacial score (nSPS) is 12.2. The van der Waals surface area contributed by atoms with Crippen LogP contribution < -0.4 is 10.2 Å². The molecule has 0 aromatic rings. The summed E-state index contributed by atoms with van der Waals surface area (Å²) < 4.78 is 0. The van der Waals surface area contributed by atoms with E-state index in [-0.39, 0.29) is 50.6 Å². The van der Waals surface area contributed by atoms with Crippen LogP contribution in [0.1, 0.15) is 465 Å². The Bertz CT molecular complexity index is 1110. The first-order valence-electron chi connectivity index (χ1n) is 40.2. The van der Waals surface area contributed by atoms with E-state index in [9.17, 15) is 19.8 Å². The third-order valence-electron chi connectivity index (χ3n) is 19.5. The molecule has 0 aromatic heterocycles. The molecule has 0 bridgehead atoms. The summed E-state index contributed by atoms with van der Waals surface area (Å²) in [4.78, 5) is 27.5. The Labute approximate surface area is 578 Å². The number of carbonyl (C=O) groups is 2. The van der Waals surface area contributed by atoms with Gasteiger partial charge in [0.1, 0.15) is 0 Å². The van der Waals surface area contributed by atoms with Crippen LogP contribution in [0.2, 0.25) is 0 Å². The van der Waals surface area contributed by atoms with Crippen LogP contribution in [0.5, 0.6) is 0 Å². The fourth-order valence-corrected chi connectivity index (χ4v) is 13.6. The van der Waals surface area contributed by atoms with Gasteiger partial charge in [-0.05, 0) is 90.4 Å². The fourth-order valence-electron chi connectivity index (χ4n) is 13.6. The molecule has 0 aliphatic rings. The molecule has 0 aliphatic carbocycles. The first-order valence-corrected chi connectivity index (χ1v) is 40.2. The Morgan fingerprint density at radius 3 is 0.471 bits per heavy atom. The zero-order valence-corrected chi connectivity index (χ0v) is 63.1. The third kappa shape index (κ3) is 75.0. The minimum absolute atomic E-state index is 0. The molecule has 2 atom stereocenters. The van der Waals surface area contributed by atoms with Gasteiger partial charge in [-0.15, -0.1) is 0 Å². The van der Waals surface area contributed by atoms with Gasteiger partial charge in [-0.2, -0.15) is 0 Å². The van der Waals surface area contributed by atoms with Crippen LogP contribution in [0.15, 0.2) is 0 Å². The molecule has 6 nitrogen and oxygen atoms in total. The maximum atomic E-state index is 11.1. The van der Waals surface area contributed by atoms with Crippen LogP contribution in [0, 0.1) is 0 Å². The number of nitrogens with zero attached hydrogens (tertiary/aromatic N) is 2. The first-order chi connectivity index (χ1) is 42.3. The smallest absolute Gasteiger partial charge is 0.550 e. The van der Waals surface area contributed by atoms with E-state index in [0.717, 1.165) is 51.9 Å². The molecule has 7 heteroatoms. The van der Waals surface area contributed by atoms with E-state index in [1.807, 2.05) is 0 Å². The van der Waals surface area contributed by atoms with Crippen LogP contribution in [-0.2, 0) is 9.59 Å². The monoisotopic (exact) mass is 1250 g/mol. The van der Waals surface area contributed by atoms with Crippen LogP contribution >= 0.6 is 0 Å². The van der Waals surface area contributed by atoms with Crippen molar-refractivity contribution in [3.63, 3.8) is 0 Å². The van der Waals surface area contributed by atoms with Crippen molar-refractivity contribution in [3.05, 3.63) is 0 Å². The quantitative estimate of drug-likeness (QED) is 0.0445. The maximum Gasteiger partial charge on any atom is 2.00 e. The van der Waals surface area contributed by atoms with Gasteiger partial charge < -0.3 is 29.6 Å². The van der Waals surface area contributed by atoms with Crippen LogP contribution in [-0.4, -0.2) is 97.7 Å². The summed E-state index contributed by atoms with van der Waals surface area (Å²) in [5.41, 5.74) is 0. The van der Waals surface area contributed by atoms with Crippen molar-refractivity contribution in [2.24, 2.45) is 0 Å². The Hall–Kier alpha value is 0.120. The Morgan fingerprint density at radius 2 is 0.356 bits per heavy atom. The number of aliphatic carboxylic acids is 2. The molecule has 0 aromatic carbocycles. The molecule has 0 fully saturated rings. The third-order valence-corrected chi connectivity index (χ3v) is 19.5. The van der Waals surface area contributed by atoms with Crippen molar-refractivity contribution < 1.29 is 19.8 Å². The Balaban J connectivity index is -0.00000160. The van der Waals surface area contributed by atoms with Crippen LogP contribution in [0.3, 0.4) is 0 Å². The molecule has 0 rings (SSSR count). The number of carboxylic acid groups (broad SMARTS) is 2. The van der Waals surface area contributed by atoms with Gasteiger partial charge >= 0.3 is 37.7 Å². The molecular formula is C80H160CaN2O4. The van der Waals surface area contributed by atoms with Gasteiger partial charge in [0.05, 0.1) is 0 Å².